The van der Waals surface area contributed by atoms with E-state index in [-0.39, 0.29) is 28.3 Å². The van der Waals surface area contributed by atoms with Gasteiger partial charge in [-0.1, -0.05) is 20.3 Å². The summed E-state index contributed by atoms with van der Waals surface area (Å²) in [6.45, 7) is 4.27. The Kier molecular flexibility index (Phi) is 8.02. The number of nitro groups is 1. The molecule has 2 N–H and O–H groups in total. The normalized spacial score (nSPS) is 15.9. The van der Waals surface area contributed by atoms with Crippen molar-refractivity contribution in [1.82, 2.24) is 10.6 Å². The number of nitrogens with one attached hydrogen (secondary N) is 2. The Morgan fingerprint density at radius 3 is 2.50 bits per heavy atom. The lowest BCUT2D eigenvalue weighted by Gasteiger charge is -2.29. The molecule has 1 aromatic carbocycles. The van der Waals surface area contributed by atoms with E-state index in [0.717, 1.165) is 12.8 Å². The zero-order chi connectivity index (χ0) is 22.3. The standard InChI is InChI=1S/C20H27N3O7/c1-5-7-8-13-17(19(24)29-4)18(22-20(25)21-13)12-10-16(30-9-6-2)15(28-3)11-14(12)23(26)27/h10-11,18H,5-9H2,1-4H3,(H2,21,22,25). The first-order chi connectivity index (χ1) is 14.4. The second kappa shape index (κ2) is 10.5. The van der Waals surface area contributed by atoms with Crippen LogP contribution in [0.2, 0.25) is 0 Å². The van der Waals surface area contributed by atoms with Gasteiger partial charge in [0.2, 0.25) is 0 Å². The van der Waals surface area contributed by atoms with Crippen molar-refractivity contribution < 1.29 is 28.7 Å². The Balaban J connectivity index is 2.71. The van der Waals surface area contributed by atoms with E-state index in [1.165, 1.54) is 26.4 Å². The summed E-state index contributed by atoms with van der Waals surface area (Å²) in [6, 6.07) is 1.03. The highest BCUT2D eigenvalue weighted by atomic mass is 16.6. The minimum absolute atomic E-state index is 0.108. The monoisotopic (exact) mass is 421 g/mol. The predicted octanol–water partition coefficient (Wildman–Crippen LogP) is 3.36. The Labute approximate surface area is 174 Å². The van der Waals surface area contributed by atoms with Gasteiger partial charge in [0.05, 0.1) is 49.0 Å². The zero-order valence-corrected chi connectivity index (χ0v) is 17.6. The van der Waals surface area contributed by atoms with Crippen LogP contribution in [0.3, 0.4) is 0 Å². The number of urea groups is 1. The van der Waals surface area contributed by atoms with E-state index >= 15 is 0 Å². The van der Waals surface area contributed by atoms with E-state index in [4.69, 9.17) is 14.2 Å². The first kappa shape index (κ1) is 23.0. The number of methoxy groups -OCH3 is 2. The van der Waals surface area contributed by atoms with Crippen LogP contribution in [0.25, 0.3) is 0 Å². The summed E-state index contributed by atoms with van der Waals surface area (Å²) >= 11 is 0. The Morgan fingerprint density at radius 1 is 1.20 bits per heavy atom. The quantitative estimate of drug-likeness (QED) is 0.337. The van der Waals surface area contributed by atoms with Gasteiger partial charge < -0.3 is 24.8 Å². The summed E-state index contributed by atoms with van der Waals surface area (Å²) in [5.41, 5.74) is 0.314. The topological polar surface area (TPSA) is 129 Å². The van der Waals surface area contributed by atoms with Crippen LogP contribution < -0.4 is 20.1 Å². The maximum absolute atomic E-state index is 12.6. The number of amides is 2. The van der Waals surface area contributed by atoms with Gasteiger partial charge in [0.15, 0.2) is 11.5 Å². The highest BCUT2D eigenvalue weighted by Gasteiger charge is 2.37. The summed E-state index contributed by atoms with van der Waals surface area (Å²) in [6.07, 6.45) is 2.70. The van der Waals surface area contributed by atoms with Crippen molar-refractivity contribution in [3.05, 3.63) is 39.1 Å². The number of rotatable bonds is 10. The van der Waals surface area contributed by atoms with Crippen LogP contribution in [0.15, 0.2) is 23.4 Å². The third-order valence-electron chi connectivity index (χ3n) is 4.62. The van der Waals surface area contributed by atoms with Crippen LogP contribution in [0.1, 0.15) is 51.1 Å². The van der Waals surface area contributed by atoms with Crippen molar-refractivity contribution in [3.63, 3.8) is 0 Å². The summed E-state index contributed by atoms with van der Waals surface area (Å²) in [5, 5.41) is 17.0. The number of nitro benzene ring substituents is 1. The minimum atomic E-state index is -1.08. The van der Waals surface area contributed by atoms with Gasteiger partial charge >= 0.3 is 12.0 Å². The second-order valence-corrected chi connectivity index (χ2v) is 6.69. The second-order valence-electron chi connectivity index (χ2n) is 6.69. The lowest BCUT2D eigenvalue weighted by Crippen LogP contribution is -2.46. The van der Waals surface area contributed by atoms with Crippen LogP contribution in [-0.2, 0) is 9.53 Å². The number of nitrogens with zero attached hydrogens (tertiary/aromatic N) is 1. The molecule has 1 aromatic rings. The molecule has 0 aromatic heterocycles. The molecule has 2 amide bonds. The molecule has 1 aliphatic rings. The molecule has 1 aliphatic heterocycles. The van der Waals surface area contributed by atoms with E-state index in [1.54, 1.807) is 0 Å². The molecule has 0 spiro atoms. The van der Waals surface area contributed by atoms with E-state index in [9.17, 15) is 19.7 Å². The van der Waals surface area contributed by atoms with Gasteiger partial charge in [-0.2, -0.15) is 0 Å². The van der Waals surface area contributed by atoms with E-state index in [2.05, 4.69) is 10.6 Å². The largest absolute Gasteiger partial charge is 0.493 e. The summed E-state index contributed by atoms with van der Waals surface area (Å²) < 4.78 is 15.8. The van der Waals surface area contributed by atoms with Crippen molar-refractivity contribution in [3.8, 4) is 11.5 Å². The van der Waals surface area contributed by atoms with Gasteiger partial charge in [-0.3, -0.25) is 10.1 Å². The van der Waals surface area contributed by atoms with Crippen molar-refractivity contribution >= 4 is 17.7 Å². The van der Waals surface area contributed by atoms with Crippen LogP contribution in [0.5, 0.6) is 11.5 Å². The highest BCUT2D eigenvalue weighted by molar-refractivity contribution is 5.95. The zero-order valence-electron chi connectivity index (χ0n) is 17.6. The molecule has 10 nitrogen and oxygen atoms in total. The summed E-state index contributed by atoms with van der Waals surface area (Å²) in [5.74, 6) is -0.208. The fourth-order valence-electron chi connectivity index (χ4n) is 3.19. The van der Waals surface area contributed by atoms with Crippen molar-refractivity contribution in [2.45, 2.75) is 45.6 Å². The average Bonchev–Trinajstić information content (AvgIpc) is 2.74. The number of unbranched alkanes of at least 4 members (excludes halogenated alkanes) is 1. The first-order valence-electron chi connectivity index (χ1n) is 9.75. The lowest BCUT2D eigenvalue weighted by molar-refractivity contribution is -0.385. The Bertz CT molecular complexity index is 851. The molecular formula is C20H27N3O7. The number of carbonyl (C=O) groups excluding carboxylic acids is 2. The van der Waals surface area contributed by atoms with Gasteiger partial charge in [-0.05, 0) is 25.3 Å². The van der Waals surface area contributed by atoms with Gasteiger partial charge in [-0.25, -0.2) is 9.59 Å². The Morgan fingerprint density at radius 2 is 1.93 bits per heavy atom. The number of hydrogen-bond acceptors (Lipinski definition) is 7. The number of carbonyl (C=O) groups is 2. The van der Waals surface area contributed by atoms with E-state index < -0.39 is 23.0 Å². The predicted molar refractivity (Wildman–Crippen MR) is 108 cm³/mol. The molecule has 1 atom stereocenters. The molecule has 0 bridgehead atoms. The summed E-state index contributed by atoms with van der Waals surface area (Å²) in [7, 11) is 2.60. The molecule has 0 radical (unpaired) electrons. The molecule has 0 fully saturated rings. The maximum atomic E-state index is 12.6. The molecule has 10 heteroatoms. The lowest BCUT2D eigenvalue weighted by atomic mass is 9.92. The number of hydrogen-bond donors (Lipinski definition) is 2. The van der Waals surface area contributed by atoms with Gasteiger partial charge in [0, 0.05) is 5.70 Å². The van der Waals surface area contributed by atoms with Crippen LogP contribution >= 0.6 is 0 Å². The van der Waals surface area contributed by atoms with Gasteiger partial charge in [0.1, 0.15) is 0 Å². The highest BCUT2D eigenvalue weighted by Crippen LogP contribution is 2.41. The molecule has 0 aliphatic carbocycles. The van der Waals surface area contributed by atoms with Crippen molar-refractivity contribution in [1.29, 1.82) is 0 Å². The van der Waals surface area contributed by atoms with Gasteiger partial charge in [0.25, 0.3) is 5.69 Å². The molecule has 164 valence electrons. The fraction of sp³-hybridized carbons (Fsp3) is 0.500. The third kappa shape index (κ3) is 5.00. The van der Waals surface area contributed by atoms with Crippen molar-refractivity contribution in [2.75, 3.05) is 20.8 Å². The molecule has 2 rings (SSSR count). The fourth-order valence-corrected chi connectivity index (χ4v) is 3.19. The number of ether oxygens (including phenoxy) is 3. The molecule has 30 heavy (non-hydrogen) atoms. The molecule has 1 heterocycles. The van der Waals surface area contributed by atoms with Crippen LogP contribution in [0, 0.1) is 10.1 Å². The van der Waals surface area contributed by atoms with Crippen molar-refractivity contribution in [2.24, 2.45) is 0 Å². The SMILES string of the molecule is CCCCC1=C(C(=O)OC)C(c2cc(OCCC)c(OC)cc2[N+](=O)[O-])NC(=O)N1. The minimum Gasteiger partial charge on any atom is -0.493 e. The van der Waals surface area contributed by atoms with Gasteiger partial charge in [-0.15, -0.1) is 0 Å². The van der Waals surface area contributed by atoms with Crippen LogP contribution in [0.4, 0.5) is 10.5 Å². The number of benzene rings is 1. The molecule has 0 saturated carbocycles. The first-order valence-corrected chi connectivity index (χ1v) is 9.75. The molecular weight excluding hydrogens is 394 g/mol. The third-order valence-corrected chi connectivity index (χ3v) is 4.62. The summed E-state index contributed by atoms with van der Waals surface area (Å²) in [4.78, 5) is 36.1. The maximum Gasteiger partial charge on any atom is 0.337 e. The van der Waals surface area contributed by atoms with E-state index in [1.807, 2.05) is 13.8 Å². The average molecular weight is 421 g/mol. The molecule has 0 saturated heterocycles. The number of esters is 1. The Hall–Kier alpha value is -3.30. The molecule has 1 unspecified atom stereocenters. The van der Waals surface area contributed by atoms with E-state index in [0.29, 0.717) is 25.1 Å². The smallest absolute Gasteiger partial charge is 0.337 e. The number of allylic oxidation sites excluding steroid dienone is 1. The van der Waals surface area contributed by atoms with Crippen LogP contribution in [-0.4, -0.2) is 37.8 Å².